The fraction of sp³-hybridized carbons (Fsp3) is 0.111. The lowest BCUT2D eigenvalue weighted by molar-refractivity contribution is -0.384. The van der Waals surface area contributed by atoms with Crippen LogP contribution in [0.5, 0.6) is 5.75 Å². The summed E-state index contributed by atoms with van der Waals surface area (Å²) in [5, 5.41) is 14.0. The lowest BCUT2D eigenvalue weighted by atomic mass is 10.2. The lowest BCUT2D eigenvalue weighted by Crippen LogP contribution is -2.07. The van der Waals surface area contributed by atoms with Crippen molar-refractivity contribution in [2.75, 3.05) is 0 Å². The number of esters is 1. The highest BCUT2D eigenvalue weighted by atomic mass is 35.5. The fourth-order valence-corrected chi connectivity index (χ4v) is 3.17. The summed E-state index contributed by atoms with van der Waals surface area (Å²) in [5.41, 5.74) is 0.221. The summed E-state index contributed by atoms with van der Waals surface area (Å²) in [6.45, 7) is 0.173. The molecule has 28 heavy (non-hydrogen) atoms. The minimum absolute atomic E-state index is 0.0719. The van der Waals surface area contributed by atoms with E-state index in [2.05, 4.69) is 4.98 Å². The number of nitro groups is 1. The second-order valence-electron chi connectivity index (χ2n) is 5.47. The number of nitrogens with zero attached hydrogens (tertiary/aromatic N) is 2. The van der Waals surface area contributed by atoms with Gasteiger partial charge in [0.2, 0.25) is 0 Å². The molecule has 0 N–H and O–H groups in total. The summed E-state index contributed by atoms with van der Waals surface area (Å²) in [7, 11) is 0. The molecule has 0 bridgehead atoms. The van der Waals surface area contributed by atoms with Gasteiger partial charge >= 0.3 is 5.97 Å². The van der Waals surface area contributed by atoms with Gasteiger partial charge in [0.1, 0.15) is 24.0 Å². The molecular formula is C18H12Cl2N2O5S. The van der Waals surface area contributed by atoms with E-state index in [1.807, 2.05) is 0 Å². The first-order valence-corrected chi connectivity index (χ1v) is 9.48. The third-order valence-corrected chi connectivity index (χ3v) is 4.96. The summed E-state index contributed by atoms with van der Waals surface area (Å²) in [5.74, 6) is -0.103. The molecule has 0 amide bonds. The van der Waals surface area contributed by atoms with Crippen LogP contribution in [0.3, 0.4) is 0 Å². The zero-order valence-electron chi connectivity index (χ0n) is 14.1. The van der Waals surface area contributed by atoms with Crippen molar-refractivity contribution in [3.8, 4) is 5.75 Å². The summed E-state index contributed by atoms with van der Waals surface area (Å²) in [6, 6.07) is 10.5. The zero-order chi connectivity index (χ0) is 20.1. The van der Waals surface area contributed by atoms with Gasteiger partial charge in [-0.1, -0.05) is 23.2 Å². The molecule has 0 fully saturated rings. The van der Waals surface area contributed by atoms with E-state index in [-0.39, 0.29) is 29.5 Å². The molecule has 0 unspecified atom stereocenters. The molecule has 0 aliphatic carbocycles. The van der Waals surface area contributed by atoms with Crippen molar-refractivity contribution in [3.05, 3.63) is 84.3 Å². The van der Waals surface area contributed by atoms with Crippen LogP contribution in [0.4, 0.5) is 5.69 Å². The minimum Gasteiger partial charge on any atom is -0.486 e. The summed E-state index contributed by atoms with van der Waals surface area (Å²) in [4.78, 5) is 26.7. The first-order chi connectivity index (χ1) is 13.4. The highest BCUT2D eigenvalue weighted by Crippen LogP contribution is 2.23. The number of hydrogen-bond acceptors (Lipinski definition) is 7. The normalized spacial score (nSPS) is 10.5. The van der Waals surface area contributed by atoms with Crippen molar-refractivity contribution in [1.29, 1.82) is 0 Å². The Morgan fingerprint density at radius 3 is 2.61 bits per heavy atom. The van der Waals surface area contributed by atoms with Gasteiger partial charge in [-0.05, 0) is 30.3 Å². The van der Waals surface area contributed by atoms with Gasteiger partial charge < -0.3 is 9.47 Å². The smallest absolute Gasteiger partial charge is 0.340 e. The van der Waals surface area contributed by atoms with E-state index >= 15 is 0 Å². The molecule has 1 heterocycles. The van der Waals surface area contributed by atoms with Crippen molar-refractivity contribution in [3.63, 3.8) is 0 Å². The van der Waals surface area contributed by atoms with Crippen LogP contribution in [0.2, 0.25) is 10.0 Å². The van der Waals surface area contributed by atoms with Crippen molar-refractivity contribution in [1.82, 2.24) is 4.98 Å². The number of carbonyl (C=O) groups is 1. The number of carbonyl (C=O) groups excluding carboxylic acids is 1. The average molecular weight is 439 g/mol. The molecule has 3 aromatic rings. The average Bonchev–Trinajstić information content (AvgIpc) is 3.14. The maximum Gasteiger partial charge on any atom is 0.340 e. The number of thiazole rings is 1. The van der Waals surface area contributed by atoms with E-state index in [1.54, 1.807) is 29.6 Å². The van der Waals surface area contributed by atoms with Gasteiger partial charge in [-0.3, -0.25) is 10.1 Å². The van der Waals surface area contributed by atoms with Gasteiger partial charge in [0.05, 0.1) is 21.2 Å². The monoisotopic (exact) mass is 438 g/mol. The highest BCUT2D eigenvalue weighted by Gasteiger charge is 2.17. The molecule has 0 aliphatic rings. The molecular weight excluding hydrogens is 427 g/mol. The summed E-state index contributed by atoms with van der Waals surface area (Å²) in [6.07, 6.45) is 0. The molecule has 0 spiro atoms. The number of nitro benzene ring substituents is 1. The molecule has 7 nitrogen and oxygen atoms in total. The predicted octanol–water partition coefficient (Wildman–Crippen LogP) is 5.29. The van der Waals surface area contributed by atoms with Crippen LogP contribution < -0.4 is 4.74 Å². The first kappa shape index (κ1) is 20.1. The molecule has 144 valence electrons. The van der Waals surface area contributed by atoms with Crippen molar-refractivity contribution in [2.45, 2.75) is 13.2 Å². The largest absolute Gasteiger partial charge is 0.486 e. The molecule has 2 aromatic carbocycles. The maximum atomic E-state index is 12.2. The standard InChI is InChI=1S/C18H12Cl2N2O5S/c19-11-1-4-14(5-2-11)26-9-17-21-12(10-28-17)8-27-18(23)15-7-13(22(24)25)3-6-16(15)20/h1-7,10H,8-9H2. The minimum atomic E-state index is -0.763. The Morgan fingerprint density at radius 1 is 1.14 bits per heavy atom. The zero-order valence-corrected chi connectivity index (χ0v) is 16.5. The van der Waals surface area contributed by atoms with E-state index in [0.29, 0.717) is 21.5 Å². The molecule has 0 saturated carbocycles. The first-order valence-electron chi connectivity index (χ1n) is 7.85. The highest BCUT2D eigenvalue weighted by molar-refractivity contribution is 7.09. The van der Waals surface area contributed by atoms with Gasteiger partial charge in [0.15, 0.2) is 0 Å². The third kappa shape index (κ3) is 5.19. The number of aromatic nitrogens is 1. The molecule has 0 radical (unpaired) electrons. The summed E-state index contributed by atoms with van der Waals surface area (Å²) >= 11 is 13.1. The van der Waals surface area contributed by atoms with Crippen LogP contribution in [0, 0.1) is 10.1 Å². The Hall–Kier alpha value is -2.68. The van der Waals surface area contributed by atoms with Crippen LogP contribution in [0.1, 0.15) is 21.1 Å². The SMILES string of the molecule is O=C(OCc1csc(COc2ccc(Cl)cc2)n1)c1cc([N+](=O)[O-])ccc1Cl. The summed E-state index contributed by atoms with van der Waals surface area (Å²) < 4.78 is 10.8. The van der Waals surface area contributed by atoms with Gasteiger partial charge in [0, 0.05) is 22.5 Å². The number of ether oxygens (including phenoxy) is 2. The number of benzene rings is 2. The Kier molecular flexibility index (Phi) is 6.45. The Labute approximate surface area is 173 Å². The van der Waals surface area contributed by atoms with E-state index in [0.717, 1.165) is 6.07 Å². The van der Waals surface area contributed by atoms with E-state index in [1.165, 1.54) is 23.5 Å². The Bertz CT molecular complexity index is 1010. The molecule has 0 atom stereocenters. The number of halogens is 2. The Morgan fingerprint density at radius 2 is 1.89 bits per heavy atom. The predicted molar refractivity (Wildman–Crippen MR) is 105 cm³/mol. The molecule has 3 rings (SSSR count). The number of non-ortho nitro benzene ring substituents is 1. The second-order valence-corrected chi connectivity index (χ2v) is 7.26. The number of rotatable bonds is 7. The Balaban J connectivity index is 1.57. The fourth-order valence-electron chi connectivity index (χ4n) is 2.16. The van der Waals surface area contributed by atoms with Gasteiger partial charge in [-0.2, -0.15) is 0 Å². The maximum absolute atomic E-state index is 12.2. The topological polar surface area (TPSA) is 91.6 Å². The van der Waals surface area contributed by atoms with Crippen LogP contribution in [0.15, 0.2) is 47.8 Å². The second kappa shape index (κ2) is 9.01. The van der Waals surface area contributed by atoms with E-state index < -0.39 is 10.9 Å². The molecule has 0 aliphatic heterocycles. The van der Waals surface area contributed by atoms with Gasteiger partial charge in [-0.15, -0.1) is 11.3 Å². The molecule has 10 heteroatoms. The van der Waals surface area contributed by atoms with Crippen LogP contribution >= 0.6 is 34.5 Å². The van der Waals surface area contributed by atoms with E-state index in [4.69, 9.17) is 32.7 Å². The van der Waals surface area contributed by atoms with Crippen LogP contribution in [-0.2, 0) is 18.0 Å². The quantitative estimate of drug-likeness (QED) is 0.282. The van der Waals surface area contributed by atoms with Crippen LogP contribution in [0.25, 0.3) is 0 Å². The number of hydrogen-bond donors (Lipinski definition) is 0. The van der Waals surface area contributed by atoms with Gasteiger partial charge in [-0.25, -0.2) is 9.78 Å². The van der Waals surface area contributed by atoms with E-state index in [9.17, 15) is 14.9 Å². The molecule has 0 saturated heterocycles. The van der Waals surface area contributed by atoms with Crippen molar-refractivity contribution in [2.24, 2.45) is 0 Å². The van der Waals surface area contributed by atoms with Crippen molar-refractivity contribution < 1.29 is 19.2 Å². The third-order valence-electron chi connectivity index (χ3n) is 3.51. The lowest BCUT2D eigenvalue weighted by Gasteiger charge is -2.05. The van der Waals surface area contributed by atoms with Crippen LogP contribution in [-0.4, -0.2) is 15.9 Å². The van der Waals surface area contributed by atoms with Crippen molar-refractivity contribution >= 4 is 46.2 Å². The van der Waals surface area contributed by atoms with Gasteiger partial charge in [0.25, 0.3) is 5.69 Å². The molecule has 1 aromatic heterocycles.